The summed E-state index contributed by atoms with van der Waals surface area (Å²) in [6.07, 6.45) is 2.02. The van der Waals surface area contributed by atoms with E-state index in [2.05, 4.69) is 6.07 Å². The Hall–Kier alpha value is -2.55. The van der Waals surface area contributed by atoms with Crippen LogP contribution in [-0.2, 0) is 4.79 Å². The summed E-state index contributed by atoms with van der Waals surface area (Å²) in [7, 11) is 0. The highest BCUT2D eigenvalue weighted by Gasteiger charge is 2.40. The molecular weight excluding hydrogens is 378 g/mol. The van der Waals surface area contributed by atoms with E-state index in [1.807, 2.05) is 46.8 Å². The molecule has 27 heavy (non-hydrogen) atoms. The van der Waals surface area contributed by atoms with E-state index in [1.165, 1.54) is 0 Å². The van der Waals surface area contributed by atoms with Gasteiger partial charge >= 0.3 is 0 Å². The quantitative estimate of drug-likeness (QED) is 0.775. The van der Waals surface area contributed by atoms with E-state index in [1.54, 1.807) is 11.3 Å². The van der Waals surface area contributed by atoms with Gasteiger partial charge in [-0.3, -0.25) is 9.69 Å². The van der Waals surface area contributed by atoms with Crippen LogP contribution in [0.15, 0.2) is 57.7 Å². The van der Waals surface area contributed by atoms with Crippen molar-refractivity contribution < 1.29 is 4.79 Å². The Morgan fingerprint density at radius 2 is 2.15 bits per heavy atom. The second-order valence-electron chi connectivity index (χ2n) is 6.76. The number of carbonyl (C=O) groups excluding carboxylic acids is 1. The number of nitriles is 1. The van der Waals surface area contributed by atoms with Gasteiger partial charge in [0, 0.05) is 22.7 Å². The van der Waals surface area contributed by atoms with Crippen LogP contribution in [0.2, 0.25) is 5.02 Å². The SMILES string of the molecule is Cc1c(Cl)cccc1N1C(N)=C(C#N)[C@@H](c2ccsc2)C2=C1CCCC2=O. The first-order valence-electron chi connectivity index (χ1n) is 8.78. The molecule has 2 heterocycles. The third-order valence-corrected chi connectivity index (χ3v) is 6.38. The van der Waals surface area contributed by atoms with Gasteiger partial charge in [-0.1, -0.05) is 17.7 Å². The maximum absolute atomic E-state index is 13.0. The molecule has 2 aromatic rings. The minimum atomic E-state index is -0.389. The van der Waals surface area contributed by atoms with Crippen molar-refractivity contribution >= 4 is 34.4 Å². The second-order valence-corrected chi connectivity index (χ2v) is 7.94. The first kappa shape index (κ1) is 17.8. The molecule has 0 spiro atoms. The smallest absolute Gasteiger partial charge is 0.161 e. The zero-order valence-corrected chi connectivity index (χ0v) is 16.4. The average molecular weight is 396 g/mol. The van der Waals surface area contributed by atoms with Crippen LogP contribution in [-0.4, -0.2) is 5.78 Å². The minimum absolute atomic E-state index is 0.0948. The summed E-state index contributed by atoms with van der Waals surface area (Å²) in [4.78, 5) is 14.8. The number of Topliss-reactive ketones (excluding diaryl/α,β-unsaturated/α-hetero) is 1. The van der Waals surface area contributed by atoms with Crippen LogP contribution < -0.4 is 10.6 Å². The lowest BCUT2D eigenvalue weighted by Crippen LogP contribution is -2.39. The Bertz CT molecular complexity index is 1030. The number of benzene rings is 1. The number of carbonyl (C=O) groups is 1. The molecule has 2 aliphatic rings. The highest BCUT2D eigenvalue weighted by atomic mass is 35.5. The summed E-state index contributed by atoms with van der Waals surface area (Å²) in [5.41, 5.74) is 11.2. The van der Waals surface area contributed by atoms with Gasteiger partial charge in [0.2, 0.25) is 0 Å². The van der Waals surface area contributed by atoms with Gasteiger partial charge in [-0.05, 0) is 59.9 Å². The molecular formula is C21H18ClN3OS. The van der Waals surface area contributed by atoms with E-state index in [-0.39, 0.29) is 11.7 Å². The van der Waals surface area contributed by atoms with Gasteiger partial charge in [0.25, 0.3) is 0 Å². The Labute approximate surface area is 167 Å². The molecule has 4 nitrogen and oxygen atoms in total. The molecule has 0 unspecified atom stereocenters. The fourth-order valence-electron chi connectivity index (χ4n) is 3.97. The predicted octanol–water partition coefficient (Wildman–Crippen LogP) is 5.01. The molecule has 0 radical (unpaired) electrons. The molecule has 1 aromatic carbocycles. The number of hydrogen-bond acceptors (Lipinski definition) is 5. The van der Waals surface area contributed by atoms with Gasteiger partial charge in [-0.2, -0.15) is 16.6 Å². The highest BCUT2D eigenvalue weighted by Crippen LogP contribution is 2.47. The molecule has 1 aliphatic carbocycles. The second kappa shape index (κ2) is 6.88. The summed E-state index contributed by atoms with van der Waals surface area (Å²) < 4.78 is 0. The maximum atomic E-state index is 13.0. The molecule has 0 saturated carbocycles. The van der Waals surface area contributed by atoms with Gasteiger partial charge in [0.05, 0.1) is 23.2 Å². The Balaban J connectivity index is 2.01. The number of ketones is 1. The highest BCUT2D eigenvalue weighted by molar-refractivity contribution is 7.08. The number of nitrogens with zero attached hydrogens (tertiary/aromatic N) is 2. The molecule has 0 fully saturated rings. The zero-order chi connectivity index (χ0) is 19.1. The van der Waals surface area contributed by atoms with Gasteiger partial charge in [0.15, 0.2) is 5.78 Å². The van der Waals surface area contributed by atoms with Crippen LogP contribution in [0.1, 0.15) is 36.3 Å². The topological polar surface area (TPSA) is 70.1 Å². The Kier molecular flexibility index (Phi) is 4.55. The first-order valence-corrected chi connectivity index (χ1v) is 10.1. The van der Waals surface area contributed by atoms with Crippen molar-refractivity contribution in [2.45, 2.75) is 32.1 Å². The van der Waals surface area contributed by atoms with E-state index in [0.717, 1.165) is 35.4 Å². The number of thiophene rings is 1. The van der Waals surface area contributed by atoms with Crippen molar-refractivity contribution in [3.63, 3.8) is 0 Å². The minimum Gasteiger partial charge on any atom is -0.384 e. The average Bonchev–Trinajstić information content (AvgIpc) is 3.18. The zero-order valence-electron chi connectivity index (χ0n) is 14.8. The maximum Gasteiger partial charge on any atom is 0.161 e. The number of rotatable bonds is 2. The van der Waals surface area contributed by atoms with Gasteiger partial charge in [-0.25, -0.2) is 0 Å². The van der Waals surface area contributed by atoms with Crippen LogP contribution >= 0.6 is 22.9 Å². The first-order chi connectivity index (χ1) is 13.0. The Morgan fingerprint density at radius 3 is 2.85 bits per heavy atom. The van der Waals surface area contributed by atoms with E-state index in [4.69, 9.17) is 17.3 Å². The summed E-state index contributed by atoms with van der Waals surface area (Å²) in [5, 5.41) is 14.5. The van der Waals surface area contributed by atoms with E-state index in [0.29, 0.717) is 28.4 Å². The van der Waals surface area contributed by atoms with Crippen molar-refractivity contribution in [1.82, 2.24) is 0 Å². The normalized spacial score (nSPS) is 20.0. The largest absolute Gasteiger partial charge is 0.384 e. The lowest BCUT2D eigenvalue weighted by Gasteiger charge is -2.40. The van der Waals surface area contributed by atoms with Crippen molar-refractivity contribution in [1.29, 1.82) is 5.26 Å². The number of hydrogen-bond donors (Lipinski definition) is 1. The third-order valence-electron chi connectivity index (χ3n) is 5.27. The van der Waals surface area contributed by atoms with E-state index >= 15 is 0 Å². The lowest BCUT2D eigenvalue weighted by atomic mass is 9.76. The Morgan fingerprint density at radius 1 is 1.33 bits per heavy atom. The van der Waals surface area contributed by atoms with E-state index in [9.17, 15) is 10.1 Å². The predicted molar refractivity (Wildman–Crippen MR) is 108 cm³/mol. The van der Waals surface area contributed by atoms with Crippen LogP contribution in [0.25, 0.3) is 0 Å². The standard InChI is InChI=1S/C21H18ClN3OS/c1-12-15(22)4-2-5-16(12)25-17-6-3-7-18(26)20(17)19(13-8-9-27-11-13)14(10-23)21(25)24/h2,4-5,8-9,11,19H,3,6-7,24H2,1H3/t19-/m1/s1. The molecule has 1 atom stereocenters. The van der Waals surface area contributed by atoms with Crippen molar-refractivity contribution in [2.75, 3.05) is 4.90 Å². The number of anilines is 1. The third kappa shape index (κ3) is 2.77. The van der Waals surface area contributed by atoms with Gasteiger partial charge in [-0.15, -0.1) is 0 Å². The number of allylic oxidation sites excluding steroid dienone is 3. The number of halogens is 1. The molecule has 0 bridgehead atoms. The van der Waals surface area contributed by atoms with Crippen molar-refractivity contribution in [2.24, 2.45) is 5.73 Å². The van der Waals surface area contributed by atoms with Crippen molar-refractivity contribution in [3.05, 3.63) is 73.8 Å². The fourth-order valence-corrected chi connectivity index (χ4v) is 4.83. The van der Waals surface area contributed by atoms with Crippen molar-refractivity contribution in [3.8, 4) is 6.07 Å². The molecule has 0 saturated heterocycles. The van der Waals surface area contributed by atoms with Gasteiger partial charge in [0.1, 0.15) is 5.82 Å². The lowest BCUT2D eigenvalue weighted by molar-refractivity contribution is -0.116. The summed E-state index contributed by atoms with van der Waals surface area (Å²) in [6, 6.07) is 9.86. The molecule has 1 aliphatic heterocycles. The molecule has 2 N–H and O–H groups in total. The molecule has 0 amide bonds. The van der Waals surface area contributed by atoms with Crippen LogP contribution in [0.3, 0.4) is 0 Å². The summed E-state index contributed by atoms with van der Waals surface area (Å²) >= 11 is 7.89. The fraction of sp³-hybridized carbons (Fsp3) is 0.238. The summed E-state index contributed by atoms with van der Waals surface area (Å²) in [6.45, 7) is 1.92. The van der Waals surface area contributed by atoms with Crippen LogP contribution in [0.4, 0.5) is 5.69 Å². The summed E-state index contributed by atoms with van der Waals surface area (Å²) in [5.74, 6) is 0.0877. The van der Waals surface area contributed by atoms with E-state index < -0.39 is 0 Å². The molecule has 136 valence electrons. The number of nitrogens with two attached hydrogens (primary N) is 1. The molecule has 1 aromatic heterocycles. The van der Waals surface area contributed by atoms with Crippen LogP contribution in [0.5, 0.6) is 0 Å². The van der Waals surface area contributed by atoms with Gasteiger partial charge < -0.3 is 5.73 Å². The molecule has 4 rings (SSSR count). The molecule has 6 heteroatoms. The van der Waals surface area contributed by atoms with Crippen LogP contribution in [0, 0.1) is 18.3 Å². The monoisotopic (exact) mass is 395 g/mol.